The first kappa shape index (κ1) is 13.4. The van der Waals surface area contributed by atoms with E-state index in [1.54, 1.807) is 0 Å². The Morgan fingerprint density at radius 1 is 1.30 bits per heavy atom. The van der Waals surface area contributed by atoms with Gasteiger partial charge in [-0.1, -0.05) is 12.1 Å². The van der Waals surface area contributed by atoms with Crippen LogP contribution in [0.15, 0.2) is 18.2 Å². The molecule has 0 spiro atoms. The zero-order chi connectivity index (χ0) is 14.3. The minimum atomic E-state index is 0.480. The first-order valence-electron chi connectivity index (χ1n) is 7.16. The van der Waals surface area contributed by atoms with Crippen molar-refractivity contribution in [1.29, 1.82) is 0 Å². The zero-order valence-electron chi connectivity index (χ0n) is 12.5. The van der Waals surface area contributed by atoms with E-state index in [2.05, 4.69) is 46.4 Å². The monoisotopic (exact) mass is 273 g/mol. The normalized spacial score (nSPS) is 21.6. The average molecular weight is 273 g/mol. The van der Waals surface area contributed by atoms with Gasteiger partial charge in [0.25, 0.3) is 0 Å². The lowest BCUT2D eigenvalue weighted by atomic mass is 10.1. The van der Waals surface area contributed by atoms with Crippen LogP contribution in [0.1, 0.15) is 5.56 Å². The van der Waals surface area contributed by atoms with Gasteiger partial charge < -0.3 is 15.2 Å². The molecule has 2 N–H and O–H groups in total. The summed E-state index contributed by atoms with van der Waals surface area (Å²) in [5, 5.41) is 0. The van der Waals surface area contributed by atoms with Gasteiger partial charge in [0.2, 0.25) is 5.95 Å². The minimum absolute atomic E-state index is 0.480. The first-order chi connectivity index (χ1) is 9.56. The number of hydrogen-bond donors (Lipinski definition) is 1. The number of nitrogens with zero attached hydrogens (tertiary/aromatic N) is 4. The molecule has 1 aliphatic heterocycles. The summed E-state index contributed by atoms with van der Waals surface area (Å²) in [5.41, 5.74) is 9.54. The highest BCUT2D eigenvalue weighted by Gasteiger charge is 2.24. The number of imidazole rings is 1. The van der Waals surface area contributed by atoms with Gasteiger partial charge in [-0.05, 0) is 32.6 Å². The Balaban J connectivity index is 1.96. The molecule has 0 aliphatic carbocycles. The maximum Gasteiger partial charge on any atom is 0.201 e. The Morgan fingerprint density at radius 2 is 2.10 bits per heavy atom. The Hall–Kier alpha value is -1.59. The Labute approximate surface area is 120 Å². The highest BCUT2D eigenvalue weighted by atomic mass is 15.3. The second kappa shape index (κ2) is 5.07. The highest BCUT2D eigenvalue weighted by Crippen LogP contribution is 2.23. The van der Waals surface area contributed by atoms with Crippen LogP contribution in [-0.2, 0) is 6.54 Å². The van der Waals surface area contributed by atoms with Crippen molar-refractivity contribution in [2.24, 2.45) is 0 Å². The number of nitrogens with two attached hydrogens (primary N) is 1. The SMILES string of the molecule is Cc1cccc2nc(N)n(CC3CN(C)CCN3C)c12. The molecule has 1 aromatic carbocycles. The van der Waals surface area contributed by atoms with Crippen molar-refractivity contribution in [3.8, 4) is 0 Å². The van der Waals surface area contributed by atoms with Gasteiger partial charge >= 0.3 is 0 Å². The van der Waals surface area contributed by atoms with Crippen LogP contribution in [0, 0.1) is 6.92 Å². The summed E-state index contributed by atoms with van der Waals surface area (Å²) >= 11 is 0. The van der Waals surface area contributed by atoms with Crippen LogP contribution < -0.4 is 5.73 Å². The number of anilines is 1. The van der Waals surface area contributed by atoms with Crippen LogP contribution in [0.3, 0.4) is 0 Å². The van der Waals surface area contributed by atoms with E-state index in [1.807, 2.05) is 12.1 Å². The van der Waals surface area contributed by atoms with Crippen molar-refractivity contribution in [2.45, 2.75) is 19.5 Å². The van der Waals surface area contributed by atoms with Crippen molar-refractivity contribution in [2.75, 3.05) is 39.5 Å². The predicted octanol–water partition coefficient (Wildman–Crippen LogP) is 1.17. The maximum absolute atomic E-state index is 6.14. The summed E-state index contributed by atoms with van der Waals surface area (Å²) in [5.74, 6) is 0.621. The lowest BCUT2D eigenvalue weighted by Crippen LogP contribution is -2.51. The number of aryl methyl sites for hydroxylation is 1. The average Bonchev–Trinajstić information content (AvgIpc) is 2.72. The van der Waals surface area contributed by atoms with E-state index in [-0.39, 0.29) is 0 Å². The molecule has 0 bridgehead atoms. The molecular formula is C15H23N5. The fourth-order valence-corrected chi connectivity index (χ4v) is 3.08. The van der Waals surface area contributed by atoms with E-state index < -0.39 is 0 Å². The summed E-state index contributed by atoms with van der Waals surface area (Å²) in [6.07, 6.45) is 0. The van der Waals surface area contributed by atoms with E-state index in [4.69, 9.17) is 5.73 Å². The van der Waals surface area contributed by atoms with E-state index in [9.17, 15) is 0 Å². The minimum Gasteiger partial charge on any atom is -0.369 e. The molecule has 1 aromatic heterocycles. The summed E-state index contributed by atoms with van der Waals surface area (Å²) in [6, 6.07) is 6.67. The largest absolute Gasteiger partial charge is 0.369 e. The molecule has 2 heterocycles. The number of likely N-dealkylation sites (N-methyl/N-ethyl adjacent to an activating group) is 2. The molecule has 5 nitrogen and oxygen atoms in total. The van der Waals surface area contributed by atoms with E-state index in [1.165, 1.54) is 11.1 Å². The Bertz CT molecular complexity index is 618. The fourth-order valence-electron chi connectivity index (χ4n) is 3.08. The molecule has 1 aliphatic rings. The first-order valence-corrected chi connectivity index (χ1v) is 7.16. The smallest absolute Gasteiger partial charge is 0.201 e. The van der Waals surface area contributed by atoms with E-state index >= 15 is 0 Å². The number of rotatable bonds is 2. The van der Waals surface area contributed by atoms with Crippen molar-refractivity contribution < 1.29 is 0 Å². The zero-order valence-corrected chi connectivity index (χ0v) is 12.5. The number of aromatic nitrogens is 2. The van der Waals surface area contributed by atoms with Gasteiger partial charge in [-0.2, -0.15) is 0 Å². The molecule has 0 saturated carbocycles. The Morgan fingerprint density at radius 3 is 2.90 bits per heavy atom. The standard InChI is InChI=1S/C15H23N5/c1-11-5-4-6-13-14(11)20(15(16)17-13)10-12-9-18(2)7-8-19(12)3/h4-6,12H,7-10H2,1-3H3,(H2,16,17). The van der Waals surface area contributed by atoms with E-state index in [0.29, 0.717) is 12.0 Å². The van der Waals surface area contributed by atoms with Crippen LogP contribution in [0.4, 0.5) is 5.95 Å². The summed E-state index contributed by atoms with van der Waals surface area (Å²) in [6.45, 7) is 6.32. The molecule has 1 atom stereocenters. The fraction of sp³-hybridized carbons (Fsp3) is 0.533. The van der Waals surface area contributed by atoms with Crippen LogP contribution in [-0.4, -0.2) is 59.1 Å². The third-order valence-corrected chi connectivity index (χ3v) is 4.37. The molecule has 0 amide bonds. The van der Waals surface area contributed by atoms with Crippen molar-refractivity contribution in [3.05, 3.63) is 23.8 Å². The Kier molecular flexibility index (Phi) is 3.40. The summed E-state index contributed by atoms with van der Waals surface area (Å²) in [7, 11) is 4.38. The highest BCUT2D eigenvalue weighted by molar-refractivity contribution is 5.81. The second-order valence-electron chi connectivity index (χ2n) is 5.92. The van der Waals surface area contributed by atoms with Gasteiger partial charge in [0.05, 0.1) is 11.0 Å². The molecule has 108 valence electrons. The number of piperazine rings is 1. The van der Waals surface area contributed by atoms with Gasteiger partial charge in [0.1, 0.15) is 0 Å². The predicted molar refractivity (Wildman–Crippen MR) is 82.8 cm³/mol. The van der Waals surface area contributed by atoms with Gasteiger partial charge in [0.15, 0.2) is 0 Å². The molecular weight excluding hydrogens is 250 g/mol. The number of hydrogen-bond acceptors (Lipinski definition) is 4. The number of benzene rings is 1. The van der Waals surface area contributed by atoms with Gasteiger partial charge in [-0.3, -0.25) is 4.90 Å². The molecule has 2 aromatic rings. The summed E-state index contributed by atoms with van der Waals surface area (Å²) < 4.78 is 2.17. The van der Waals surface area contributed by atoms with Crippen LogP contribution in [0.25, 0.3) is 11.0 Å². The number of nitrogen functional groups attached to an aromatic ring is 1. The van der Waals surface area contributed by atoms with Crippen molar-refractivity contribution in [3.63, 3.8) is 0 Å². The lowest BCUT2D eigenvalue weighted by molar-refractivity contribution is 0.104. The summed E-state index contributed by atoms with van der Waals surface area (Å²) in [4.78, 5) is 9.29. The van der Waals surface area contributed by atoms with Crippen LogP contribution in [0.2, 0.25) is 0 Å². The third kappa shape index (κ3) is 2.27. The molecule has 0 radical (unpaired) electrons. The topological polar surface area (TPSA) is 50.3 Å². The van der Waals surface area contributed by atoms with Gasteiger partial charge in [-0.15, -0.1) is 0 Å². The van der Waals surface area contributed by atoms with E-state index in [0.717, 1.165) is 31.7 Å². The number of para-hydroxylation sites is 1. The maximum atomic E-state index is 6.14. The molecule has 1 fully saturated rings. The molecule has 5 heteroatoms. The quantitative estimate of drug-likeness (QED) is 0.892. The second-order valence-corrected chi connectivity index (χ2v) is 5.92. The van der Waals surface area contributed by atoms with Gasteiger partial charge in [0, 0.05) is 32.2 Å². The van der Waals surface area contributed by atoms with Crippen LogP contribution >= 0.6 is 0 Å². The molecule has 1 unspecified atom stereocenters. The third-order valence-electron chi connectivity index (χ3n) is 4.37. The lowest BCUT2D eigenvalue weighted by Gasteiger charge is -2.38. The molecule has 1 saturated heterocycles. The van der Waals surface area contributed by atoms with Gasteiger partial charge in [-0.25, -0.2) is 4.98 Å². The van der Waals surface area contributed by atoms with Crippen LogP contribution in [0.5, 0.6) is 0 Å². The van der Waals surface area contributed by atoms with Crippen molar-refractivity contribution in [1.82, 2.24) is 19.4 Å². The molecule has 3 rings (SSSR count). The molecule has 20 heavy (non-hydrogen) atoms. The number of fused-ring (bicyclic) bond motifs is 1. The van der Waals surface area contributed by atoms with Crippen molar-refractivity contribution >= 4 is 17.0 Å².